The van der Waals surface area contributed by atoms with Crippen molar-refractivity contribution in [3.63, 3.8) is 0 Å². The van der Waals surface area contributed by atoms with Crippen LogP contribution in [-0.2, 0) is 0 Å². The third-order valence-corrected chi connectivity index (χ3v) is 17.0. The summed E-state index contributed by atoms with van der Waals surface area (Å²) in [5.41, 5.74) is 15.1. The Morgan fingerprint density at radius 3 is 1.33 bits per heavy atom. The summed E-state index contributed by atoms with van der Waals surface area (Å²) in [5.74, 6) is 0. The lowest BCUT2D eigenvalue weighted by Gasteiger charge is -2.26. The van der Waals surface area contributed by atoms with E-state index in [0.717, 1.165) is 34.0 Å². The minimum atomic E-state index is 1.10. The van der Waals surface area contributed by atoms with Gasteiger partial charge in [-0.05, 0) is 158 Å². The molecule has 3 heterocycles. The molecule has 0 aliphatic heterocycles. The summed E-state index contributed by atoms with van der Waals surface area (Å²) < 4.78 is 7.54. The van der Waals surface area contributed by atoms with E-state index in [9.17, 15) is 0 Å². The SMILES string of the molecule is c1ccc(N(c2ccc(-c3ccc4c(c3)c3cc(-n5c6ccccc6c6ccccc65)ccc3n4-c3ccc4c5ccccc5c5ccccc5c4c3)cc2)c2ccc(-c3cccc4sc5ccccc5c34)cc2)cc1. The molecule has 0 unspecified atom stereocenters. The molecule has 4 heteroatoms. The topological polar surface area (TPSA) is 13.1 Å². The van der Waals surface area contributed by atoms with Crippen LogP contribution < -0.4 is 4.90 Å². The lowest BCUT2D eigenvalue weighted by molar-refractivity contribution is 1.17. The fourth-order valence-corrected chi connectivity index (χ4v) is 13.6. The van der Waals surface area contributed by atoms with Crippen molar-refractivity contribution in [2.45, 2.75) is 0 Å². The molecule has 0 radical (unpaired) electrons. The zero-order valence-electron chi connectivity index (χ0n) is 41.2. The van der Waals surface area contributed by atoms with Gasteiger partial charge in [0.15, 0.2) is 0 Å². The van der Waals surface area contributed by atoms with Crippen molar-refractivity contribution < 1.29 is 0 Å². The lowest BCUT2D eigenvalue weighted by Crippen LogP contribution is -2.09. The Hall–Kier alpha value is -9.74. The number of benzene rings is 13. The van der Waals surface area contributed by atoms with Crippen LogP contribution in [0.15, 0.2) is 273 Å². The van der Waals surface area contributed by atoms with Crippen molar-refractivity contribution in [1.82, 2.24) is 9.13 Å². The smallest absolute Gasteiger partial charge is 0.0542 e. The van der Waals surface area contributed by atoms with Crippen molar-refractivity contribution in [3.05, 3.63) is 273 Å². The summed E-state index contributed by atoms with van der Waals surface area (Å²) >= 11 is 1.86. The molecule has 0 aliphatic carbocycles. The molecule has 0 fully saturated rings. The van der Waals surface area contributed by atoms with Crippen LogP contribution in [0.2, 0.25) is 0 Å². The highest BCUT2D eigenvalue weighted by atomic mass is 32.1. The van der Waals surface area contributed by atoms with E-state index in [2.05, 4.69) is 287 Å². The monoisotopic (exact) mass is 983 g/mol. The van der Waals surface area contributed by atoms with E-state index in [1.165, 1.54) is 113 Å². The number of aromatic nitrogens is 2. The average molecular weight is 984 g/mol. The maximum absolute atomic E-state index is 2.47. The third kappa shape index (κ3) is 6.54. The second-order valence-electron chi connectivity index (χ2n) is 20.0. The van der Waals surface area contributed by atoms with Gasteiger partial charge in [-0.2, -0.15) is 0 Å². The first-order valence-electron chi connectivity index (χ1n) is 26.1. The van der Waals surface area contributed by atoms with Gasteiger partial charge in [0.2, 0.25) is 0 Å². The van der Waals surface area contributed by atoms with Crippen LogP contribution in [0.4, 0.5) is 17.1 Å². The molecule has 0 spiro atoms. The molecule has 0 amide bonds. The van der Waals surface area contributed by atoms with E-state index in [1.807, 2.05) is 11.3 Å². The average Bonchev–Trinajstić information content (AvgIpc) is 4.23. The molecule has 16 aromatic rings. The van der Waals surface area contributed by atoms with Crippen LogP contribution in [0.25, 0.3) is 130 Å². The largest absolute Gasteiger partial charge is 0.311 e. The van der Waals surface area contributed by atoms with Gasteiger partial charge in [0.1, 0.15) is 0 Å². The van der Waals surface area contributed by atoms with E-state index in [0.29, 0.717) is 0 Å². The summed E-state index contributed by atoms with van der Waals surface area (Å²) in [5, 5.41) is 15.2. The van der Waals surface area contributed by atoms with Gasteiger partial charge in [-0.25, -0.2) is 0 Å². The van der Waals surface area contributed by atoms with Crippen LogP contribution in [-0.4, -0.2) is 9.13 Å². The van der Waals surface area contributed by atoms with E-state index in [4.69, 9.17) is 0 Å². The third-order valence-electron chi connectivity index (χ3n) is 15.9. The van der Waals surface area contributed by atoms with Crippen molar-refractivity contribution in [2.75, 3.05) is 4.90 Å². The zero-order chi connectivity index (χ0) is 49.8. The van der Waals surface area contributed by atoms with Gasteiger partial charge in [-0.15, -0.1) is 11.3 Å². The number of anilines is 3. The molecule has 0 atom stereocenters. The molecule has 0 bridgehead atoms. The highest BCUT2D eigenvalue weighted by Gasteiger charge is 2.20. The first-order chi connectivity index (χ1) is 37.7. The standard InChI is InChI=1S/C72H45N3S/c1-2-15-49(16-3-1)73(51-36-31-47(32-37-51)54-24-14-28-71-72(54)62-23-10-13-27-70(62)76-71)50-34-29-46(30-35-50)48-33-41-68-64(43-48)65-45-53(74-66-25-11-8-21-60(66)61-22-9-12-26-67(61)74)39-42-69(65)75(68)52-38-40-59-57-19-5-4-17-55(57)56-18-6-7-20-58(56)63(59)44-52/h1-45H. The van der Waals surface area contributed by atoms with E-state index < -0.39 is 0 Å². The van der Waals surface area contributed by atoms with Crippen molar-refractivity contribution in [2.24, 2.45) is 0 Å². The molecule has 0 N–H and O–H groups in total. The predicted octanol–water partition coefficient (Wildman–Crippen LogP) is 20.5. The molecule has 13 aromatic carbocycles. The van der Waals surface area contributed by atoms with Crippen LogP contribution in [0.1, 0.15) is 0 Å². The minimum Gasteiger partial charge on any atom is -0.311 e. The molecule has 3 nitrogen and oxygen atoms in total. The number of nitrogens with zero attached hydrogens (tertiary/aromatic N) is 3. The predicted molar refractivity (Wildman–Crippen MR) is 326 cm³/mol. The maximum Gasteiger partial charge on any atom is 0.0542 e. The van der Waals surface area contributed by atoms with Crippen LogP contribution in [0, 0.1) is 0 Å². The second kappa shape index (κ2) is 16.9. The molecule has 3 aromatic heterocycles. The van der Waals surface area contributed by atoms with Gasteiger partial charge in [-0.3, -0.25) is 0 Å². The fourth-order valence-electron chi connectivity index (χ4n) is 12.5. The van der Waals surface area contributed by atoms with Crippen LogP contribution >= 0.6 is 11.3 Å². The number of rotatable bonds is 7. The molecule has 0 saturated carbocycles. The van der Waals surface area contributed by atoms with Gasteiger partial charge in [-0.1, -0.05) is 170 Å². The second-order valence-corrected chi connectivity index (χ2v) is 21.1. The van der Waals surface area contributed by atoms with Crippen molar-refractivity contribution >= 4 is 125 Å². The summed E-state index contributed by atoms with van der Waals surface area (Å²) in [6, 6.07) is 101. The quantitative estimate of drug-likeness (QED) is 0.145. The molecule has 0 aliphatic rings. The highest BCUT2D eigenvalue weighted by molar-refractivity contribution is 7.25. The number of hydrogen-bond donors (Lipinski definition) is 0. The Balaban J connectivity index is 0.840. The van der Waals surface area contributed by atoms with Gasteiger partial charge >= 0.3 is 0 Å². The summed E-state index contributed by atoms with van der Waals surface area (Å²) in [7, 11) is 0. The molecule has 0 saturated heterocycles. The van der Waals surface area contributed by atoms with Crippen molar-refractivity contribution in [3.8, 4) is 33.6 Å². The van der Waals surface area contributed by atoms with E-state index in [1.54, 1.807) is 0 Å². The molecular weight excluding hydrogens is 939 g/mol. The van der Waals surface area contributed by atoms with E-state index in [-0.39, 0.29) is 0 Å². The highest BCUT2D eigenvalue weighted by Crippen LogP contribution is 2.44. The Morgan fingerprint density at radius 1 is 0.250 bits per heavy atom. The van der Waals surface area contributed by atoms with Crippen LogP contribution in [0.3, 0.4) is 0 Å². The first-order valence-corrected chi connectivity index (χ1v) is 26.9. The zero-order valence-corrected chi connectivity index (χ0v) is 42.0. The molecule has 76 heavy (non-hydrogen) atoms. The van der Waals surface area contributed by atoms with Gasteiger partial charge in [0, 0.05) is 70.2 Å². The van der Waals surface area contributed by atoms with Gasteiger partial charge in [0.25, 0.3) is 0 Å². The van der Waals surface area contributed by atoms with Gasteiger partial charge in [0.05, 0.1) is 22.1 Å². The number of para-hydroxylation sites is 3. The molecule has 354 valence electrons. The van der Waals surface area contributed by atoms with Crippen molar-refractivity contribution in [1.29, 1.82) is 0 Å². The number of hydrogen-bond acceptors (Lipinski definition) is 2. The Bertz CT molecular complexity index is 4890. The molecular formula is C72H45N3S. The Labute approximate surface area is 442 Å². The van der Waals surface area contributed by atoms with Crippen LogP contribution in [0.5, 0.6) is 0 Å². The summed E-state index contributed by atoms with van der Waals surface area (Å²) in [4.78, 5) is 2.36. The fraction of sp³-hybridized carbons (Fsp3) is 0. The maximum atomic E-state index is 2.47. The first kappa shape index (κ1) is 42.7. The Morgan fingerprint density at radius 2 is 0.684 bits per heavy atom. The van der Waals surface area contributed by atoms with E-state index >= 15 is 0 Å². The number of fused-ring (bicyclic) bond motifs is 15. The Kier molecular flexibility index (Phi) is 9.51. The summed E-state index contributed by atoms with van der Waals surface area (Å²) in [6.45, 7) is 0. The number of thiophene rings is 1. The summed E-state index contributed by atoms with van der Waals surface area (Å²) in [6.07, 6.45) is 0. The minimum absolute atomic E-state index is 1.10. The lowest BCUT2D eigenvalue weighted by atomic mass is 9.94. The van der Waals surface area contributed by atoms with Gasteiger partial charge < -0.3 is 14.0 Å². The molecule has 16 rings (SSSR count). The normalized spacial score (nSPS) is 11.9.